The molecule has 4 heteroatoms. The first-order valence-corrected chi connectivity index (χ1v) is 8.05. The maximum absolute atomic E-state index is 12.4. The molecule has 1 aromatic rings. The van der Waals surface area contributed by atoms with Gasteiger partial charge in [-0.05, 0) is 46.6 Å². The normalized spacial score (nSPS) is 17.0. The molecule has 3 N–H and O–H groups in total. The van der Waals surface area contributed by atoms with Crippen molar-refractivity contribution in [2.45, 2.75) is 71.4 Å². The van der Waals surface area contributed by atoms with Crippen LogP contribution < -0.4 is 11.1 Å². The predicted molar refractivity (Wildman–Crippen MR) is 86.6 cm³/mol. The Kier molecular flexibility index (Phi) is 4.77. The lowest BCUT2D eigenvalue weighted by Gasteiger charge is -2.26. The van der Waals surface area contributed by atoms with E-state index in [0.717, 1.165) is 11.3 Å². The van der Waals surface area contributed by atoms with Gasteiger partial charge in [-0.25, -0.2) is 0 Å². The number of hydrogen-bond acceptors (Lipinski definition) is 2. The first kappa shape index (κ1) is 16.1. The van der Waals surface area contributed by atoms with Crippen LogP contribution in [0.1, 0.15) is 73.7 Å². The molecule has 1 aliphatic carbocycles. The minimum absolute atomic E-state index is 0.0105. The number of carbonyl (C=O) groups is 1. The van der Waals surface area contributed by atoms with Gasteiger partial charge in [0.25, 0.3) is 5.91 Å². The Morgan fingerprint density at radius 1 is 1.33 bits per heavy atom. The van der Waals surface area contributed by atoms with Gasteiger partial charge in [0.15, 0.2) is 0 Å². The van der Waals surface area contributed by atoms with E-state index >= 15 is 0 Å². The summed E-state index contributed by atoms with van der Waals surface area (Å²) in [6.45, 7) is 8.48. The Labute approximate surface area is 128 Å². The van der Waals surface area contributed by atoms with Crippen LogP contribution in [0.2, 0.25) is 0 Å². The summed E-state index contributed by atoms with van der Waals surface area (Å²) in [7, 11) is 0. The van der Waals surface area contributed by atoms with Crippen LogP contribution in [-0.2, 0) is 0 Å². The molecule has 0 aromatic carbocycles. The fourth-order valence-corrected chi connectivity index (χ4v) is 3.31. The van der Waals surface area contributed by atoms with Crippen molar-refractivity contribution in [1.29, 1.82) is 0 Å². The first-order valence-electron chi connectivity index (χ1n) is 8.05. The summed E-state index contributed by atoms with van der Waals surface area (Å²) >= 11 is 0. The quantitative estimate of drug-likeness (QED) is 0.895. The van der Waals surface area contributed by atoms with E-state index in [9.17, 15) is 4.79 Å². The molecule has 0 aliphatic heterocycles. The van der Waals surface area contributed by atoms with Crippen LogP contribution >= 0.6 is 0 Å². The molecular formula is C17H29N3O. The molecule has 4 nitrogen and oxygen atoms in total. The largest absolute Gasteiger partial charge is 0.350 e. The summed E-state index contributed by atoms with van der Waals surface area (Å²) in [5.74, 6) is -0.0105. The molecule has 0 bridgehead atoms. The molecule has 0 spiro atoms. The number of aryl methyl sites for hydroxylation is 1. The van der Waals surface area contributed by atoms with Crippen molar-refractivity contribution >= 4 is 5.91 Å². The highest BCUT2D eigenvalue weighted by molar-refractivity contribution is 5.95. The Morgan fingerprint density at radius 2 is 1.95 bits per heavy atom. The number of aromatic nitrogens is 1. The van der Waals surface area contributed by atoms with E-state index < -0.39 is 0 Å². The molecule has 1 aromatic heterocycles. The minimum atomic E-state index is -0.384. The molecule has 1 heterocycles. The second-order valence-electron chi connectivity index (χ2n) is 7.12. The fraction of sp³-hybridized carbons (Fsp3) is 0.706. The number of amides is 1. The Bertz CT molecular complexity index is 505. The molecule has 1 aliphatic rings. The number of hydrogen-bond donors (Lipinski definition) is 2. The van der Waals surface area contributed by atoms with Crippen LogP contribution in [0.5, 0.6) is 0 Å². The number of nitrogens with one attached hydrogen (secondary N) is 1. The third-order valence-electron chi connectivity index (χ3n) is 4.37. The van der Waals surface area contributed by atoms with Gasteiger partial charge in [-0.15, -0.1) is 0 Å². The highest BCUT2D eigenvalue weighted by Crippen LogP contribution is 2.32. The second-order valence-corrected chi connectivity index (χ2v) is 7.12. The van der Waals surface area contributed by atoms with Crippen molar-refractivity contribution in [3.63, 3.8) is 0 Å². The van der Waals surface area contributed by atoms with Crippen molar-refractivity contribution in [3.05, 3.63) is 23.0 Å². The van der Waals surface area contributed by atoms with E-state index in [1.807, 2.05) is 19.9 Å². The maximum Gasteiger partial charge on any atom is 0.253 e. The molecule has 118 valence electrons. The third-order valence-corrected chi connectivity index (χ3v) is 4.37. The summed E-state index contributed by atoms with van der Waals surface area (Å²) < 4.78 is 2.36. The van der Waals surface area contributed by atoms with Gasteiger partial charge in [-0.3, -0.25) is 4.79 Å². The Morgan fingerprint density at radius 3 is 2.52 bits per heavy atom. The van der Waals surface area contributed by atoms with Gasteiger partial charge in [0.1, 0.15) is 0 Å². The van der Waals surface area contributed by atoms with E-state index in [2.05, 4.69) is 23.7 Å². The smallest absolute Gasteiger partial charge is 0.253 e. The molecule has 1 fully saturated rings. The van der Waals surface area contributed by atoms with E-state index in [1.165, 1.54) is 37.8 Å². The van der Waals surface area contributed by atoms with E-state index in [1.54, 1.807) is 0 Å². The summed E-state index contributed by atoms with van der Waals surface area (Å²) in [6.07, 6.45) is 6.39. The monoisotopic (exact) mass is 291 g/mol. The number of nitrogens with two attached hydrogens (primary N) is 1. The van der Waals surface area contributed by atoms with Crippen LogP contribution in [0.4, 0.5) is 0 Å². The number of carbonyl (C=O) groups excluding carboxylic acids is 1. The van der Waals surface area contributed by atoms with Gasteiger partial charge in [0.05, 0.1) is 5.56 Å². The molecular weight excluding hydrogens is 262 g/mol. The molecule has 1 saturated carbocycles. The zero-order chi connectivity index (χ0) is 15.6. The Hall–Kier alpha value is -1.29. The van der Waals surface area contributed by atoms with Gasteiger partial charge in [-0.2, -0.15) is 0 Å². The van der Waals surface area contributed by atoms with Crippen molar-refractivity contribution in [3.8, 4) is 0 Å². The Balaban J connectivity index is 2.16. The van der Waals surface area contributed by atoms with Crippen molar-refractivity contribution in [2.75, 3.05) is 6.54 Å². The summed E-state index contributed by atoms with van der Waals surface area (Å²) in [5.41, 5.74) is 8.62. The van der Waals surface area contributed by atoms with E-state index in [0.29, 0.717) is 12.6 Å². The lowest BCUT2D eigenvalue weighted by atomic mass is 9.95. The topological polar surface area (TPSA) is 60.1 Å². The van der Waals surface area contributed by atoms with Crippen LogP contribution in [0.3, 0.4) is 0 Å². The van der Waals surface area contributed by atoms with Gasteiger partial charge in [0.2, 0.25) is 0 Å². The average Bonchev–Trinajstić information content (AvgIpc) is 2.71. The highest BCUT2D eigenvalue weighted by Gasteiger charge is 2.23. The van der Waals surface area contributed by atoms with E-state index in [4.69, 9.17) is 5.73 Å². The van der Waals surface area contributed by atoms with Crippen LogP contribution in [0.15, 0.2) is 6.07 Å². The van der Waals surface area contributed by atoms with Gasteiger partial charge in [0, 0.05) is 29.5 Å². The highest BCUT2D eigenvalue weighted by atomic mass is 16.1. The van der Waals surface area contributed by atoms with Crippen molar-refractivity contribution in [1.82, 2.24) is 9.88 Å². The summed E-state index contributed by atoms with van der Waals surface area (Å²) in [5, 5.41) is 2.95. The van der Waals surface area contributed by atoms with Crippen LogP contribution in [-0.4, -0.2) is 22.6 Å². The SMILES string of the molecule is Cc1cc(C(=O)NCC(C)(C)N)c(C)n1C1CCCCC1. The van der Waals surface area contributed by atoms with Crippen LogP contribution in [0.25, 0.3) is 0 Å². The predicted octanol–water partition coefficient (Wildman–Crippen LogP) is 3.08. The fourth-order valence-electron chi connectivity index (χ4n) is 3.31. The standard InChI is InChI=1S/C17H29N3O/c1-12-10-15(16(21)19-11-17(3,4)18)13(2)20(12)14-8-6-5-7-9-14/h10,14H,5-9,11,18H2,1-4H3,(H,19,21). The third kappa shape index (κ3) is 3.88. The molecule has 1 amide bonds. The zero-order valence-electron chi connectivity index (χ0n) is 13.8. The van der Waals surface area contributed by atoms with Crippen LogP contribution in [0, 0.1) is 13.8 Å². The van der Waals surface area contributed by atoms with Crippen molar-refractivity contribution < 1.29 is 4.79 Å². The van der Waals surface area contributed by atoms with E-state index in [-0.39, 0.29) is 11.4 Å². The lowest BCUT2D eigenvalue weighted by molar-refractivity contribution is 0.0945. The minimum Gasteiger partial charge on any atom is -0.350 e. The maximum atomic E-state index is 12.4. The summed E-state index contributed by atoms with van der Waals surface area (Å²) in [4.78, 5) is 12.4. The average molecular weight is 291 g/mol. The molecule has 2 rings (SSSR count). The lowest BCUT2D eigenvalue weighted by Crippen LogP contribution is -2.45. The molecule has 0 saturated heterocycles. The molecule has 0 radical (unpaired) electrons. The van der Waals surface area contributed by atoms with Gasteiger partial charge in [-0.1, -0.05) is 19.3 Å². The number of nitrogens with zero attached hydrogens (tertiary/aromatic N) is 1. The summed E-state index contributed by atoms with van der Waals surface area (Å²) in [6, 6.07) is 2.58. The number of rotatable bonds is 4. The molecule has 0 atom stereocenters. The zero-order valence-corrected chi connectivity index (χ0v) is 13.8. The van der Waals surface area contributed by atoms with Gasteiger partial charge >= 0.3 is 0 Å². The molecule has 0 unspecified atom stereocenters. The van der Waals surface area contributed by atoms with Crippen molar-refractivity contribution in [2.24, 2.45) is 5.73 Å². The first-order chi connectivity index (χ1) is 9.79. The van der Waals surface area contributed by atoms with Gasteiger partial charge < -0.3 is 15.6 Å². The molecule has 21 heavy (non-hydrogen) atoms. The second kappa shape index (κ2) is 6.22.